The minimum absolute atomic E-state index is 0.0294. The predicted octanol–water partition coefficient (Wildman–Crippen LogP) is 4.66. The summed E-state index contributed by atoms with van der Waals surface area (Å²) in [5, 5.41) is -0.0294. The average molecular weight is 495 g/mol. The molecule has 0 amide bonds. The monoisotopic (exact) mass is 494 g/mol. The number of rotatable bonds is 5. The molecule has 170 valence electrons. The Labute approximate surface area is 198 Å². The highest BCUT2D eigenvalue weighted by atomic mass is 35.5. The van der Waals surface area contributed by atoms with Crippen molar-refractivity contribution in [1.82, 2.24) is 19.5 Å². The van der Waals surface area contributed by atoms with E-state index in [1.165, 1.54) is 18.3 Å². The Bertz CT molecular complexity index is 1620. The van der Waals surface area contributed by atoms with Crippen LogP contribution < -0.4 is 10.5 Å². The number of pyridine rings is 2. The highest BCUT2D eigenvalue weighted by Crippen LogP contribution is 2.31. The number of nitrogen functional groups attached to an aromatic ring is 1. The van der Waals surface area contributed by atoms with Crippen LogP contribution in [0.15, 0.2) is 84.0 Å². The van der Waals surface area contributed by atoms with Crippen molar-refractivity contribution in [1.29, 1.82) is 0 Å². The first-order chi connectivity index (χ1) is 16.3. The summed E-state index contributed by atoms with van der Waals surface area (Å²) in [5.41, 5.74) is 8.95. The molecule has 0 bridgehead atoms. The molecule has 0 fully saturated rings. The Morgan fingerprint density at radius 2 is 1.76 bits per heavy atom. The van der Waals surface area contributed by atoms with Gasteiger partial charge in [-0.1, -0.05) is 23.7 Å². The summed E-state index contributed by atoms with van der Waals surface area (Å²) in [6.45, 7) is 0. The van der Waals surface area contributed by atoms with Crippen molar-refractivity contribution in [2.75, 3.05) is 10.5 Å². The molecule has 0 unspecified atom stereocenters. The Balaban J connectivity index is 1.55. The van der Waals surface area contributed by atoms with Gasteiger partial charge in [-0.3, -0.25) is 9.29 Å². The fourth-order valence-corrected chi connectivity index (χ4v) is 4.76. The molecular weight excluding hydrogens is 479 g/mol. The smallest absolute Gasteiger partial charge is 0.261 e. The van der Waals surface area contributed by atoms with Crippen molar-refractivity contribution in [2.45, 2.75) is 4.90 Å². The van der Waals surface area contributed by atoms with Crippen LogP contribution in [0.25, 0.3) is 28.0 Å². The first-order valence-electron chi connectivity index (χ1n) is 9.95. The number of hydrogen-bond acceptors (Lipinski definition) is 6. The van der Waals surface area contributed by atoms with Gasteiger partial charge in [0.2, 0.25) is 5.95 Å². The van der Waals surface area contributed by atoms with Crippen molar-refractivity contribution in [3.8, 4) is 16.9 Å². The number of nitrogens with one attached hydrogen (secondary N) is 1. The van der Waals surface area contributed by atoms with Crippen LogP contribution in [-0.4, -0.2) is 27.9 Å². The molecule has 0 aliphatic heterocycles. The van der Waals surface area contributed by atoms with Crippen molar-refractivity contribution < 1.29 is 12.8 Å². The van der Waals surface area contributed by atoms with Crippen LogP contribution in [0.5, 0.6) is 0 Å². The zero-order valence-corrected chi connectivity index (χ0v) is 18.9. The number of aromatic nitrogens is 4. The number of hydrogen-bond donors (Lipinski definition) is 2. The Kier molecular flexibility index (Phi) is 5.39. The van der Waals surface area contributed by atoms with Crippen molar-refractivity contribution in [2.24, 2.45) is 0 Å². The lowest BCUT2D eigenvalue weighted by Crippen LogP contribution is -2.13. The standard InChI is InChI=1S/C23H16ClFN6O2S/c24-22-19(30-34(32,33)17-7-5-16(25)6-8-17)11-15(13-28-22)14-4-9-18-20(12-14)31(23(26)29-18)21-3-1-2-10-27-21/h1-13,30H,(H2,26,29). The lowest BCUT2D eigenvalue weighted by molar-refractivity contribution is 0.599. The first-order valence-corrected chi connectivity index (χ1v) is 11.8. The van der Waals surface area contributed by atoms with E-state index in [0.29, 0.717) is 16.9 Å². The van der Waals surface area contributed by atoms with Gasteiger partial charge in [0, 0.05) is 18.0 Å². The molecule has 0 aliphatic carbocycles. The zero-order valence-electron chi connectivity index (χ0n) is 17.4. The fourth-order valence-electron chi connectivity index (χ4n) is 3.50. The molecule has 0 radical (unpaired) electrons. The van der Waals surface area contributed by atoms with Crippen LogP contribution in [0.3, 0.4) is 0 Å². The highest BCUT2D eigenvalue weighted by molar-refractivity contribution is 7.92. The van der Waals surface area contributed by atoms with Crippen LogP contribution in [0.2, 0.25) is 5.15 Å². The third kappa shape index (κ3) is 4.04. The number of nitrogens with zero attached hydrogens (tertiary/aromatic N) is 4. The van der Waals surface area contributed by atoms with Gasteiger partial charge in [0.1, 0.15) is 11.6 Å². The second-order valence-corrected chi connectivity index (χ2v) is 9.36. The third-order valence-corrected chi connectivity index (χ3v) is 6.78. The predicted molar refractivity (Wildman–Crippen MR) is 129 cm³/mol. The molecule has 3 heterocycles. The van der Waals surface area contributed by atoms with Crippen molar-refractivity contribution in [3.63, 3.8) is 0 Å². The number of benzene rings is 2. The van der Waals surface area contributed by atoms with Gasteiger partial charge in [-0.2, -0.15) is 0 Å². The largest absolute Gasteiger partial charge is 0.369 e. The van der Waals surface area contributed by atoms with E-state index < -0.39 is 15.8 Å². The van der Waals surface area contributed by atoms with Gasteiger partial charge < -0.3 is 5.73 Å². The van der Waals surface area contributed by atoms with E-state index in [0.717, 1.165) is 23.2 Å². The van der Waals surface area contributed by atoms with Crippen molar-refractivity contribution >= 4 is 44.3 Å². The summed E-state index contributed by atoms with van der Waals surface area (Å²) >= 11 is 6.17. The summed E-state index contributed by atoms with van der Waals surface area (Å²) < 4.78 is 42.8. The Hall–Kier alpha value is -4.02. The molecule has 3 N–H and O–H groups in total. The lowest BCUT2D eigenvalue weighted by atomic mass is 10.1. The fraction of sp³-hybridized carbons (Fsp3) is 0. The van der Waals surface area contributed by atoms with Crippen LogP contribution in [0.1, 0.15) is 0 Å². The minimum Gasteiger partial charge on any atom is -0.369 e. The van der Waals surface area contributed by atoms with E-state index in [9.17, 15) is 12.8 Å². The summed E-state index contributed by atoms with van der Waals surface area (Å²) in [6.07, 6.45) is 3.19. The summed E-state index contributed by atoms with van der Waals surface area (Å²) in [5.74, 6) is 0.357. The number of nitrogens with two attached hydrogens (primary N) is 1. The molecule has 0 atom stereocenters. The molecule has 11 heteroatoms. The van der Waals surface area contributed by atoms with Crippen molar-refractivity contribution in [3.05, 3.63) is 90.1 Å². The first kappa shape index (κ1) is 21.8. The molecule has 8 nitrogen and oxygen atoms in total. The lowest BCUT2D eigenvalue weighted by Gasteiger charge is -2.11. The summed E-state index contributed by atoms with van der Waals surface area (Å²) in [6, 6.07) is 17.0. The maximum absolute atomic E-state index is 13.2. The number of sulfonamides is 1. The summed E-state index contributed by atoms with van der Waals surface area (Å²) in [7, 11) is -4.01. The van der Waals surface area contributed by atoms with Crippen LogP contribution in [0, 0.1) is 5.82 Å². The molecule has 0 aliphatic rings. The molecule has 3 aromatic heterocycles. The maximum atomic E-state index is 13.2. The van der Waals surface area contributed by atoms with Gasteiger partial charge in [-0.15, -0.1) is 0 Å². The highest BCUT2D eigenvalue weighted by Gasteiger charge is 2.18. The molecule has 5 rings (SSSR count). The van der Waals surface area contributed by atoms with E-state index >= 15 is 0 Å². The Morgan fingerprint density at radius 1 is 0.971 bits per heavy atom. The van der Waals surface area contributed by atoms with E-state index in [1.54, 1.807) is 29.0 Å². The average Bonchev–Trinajstić information content (AvgIpc) is 3.16. The van der Waals surface area contributed by atoms with Gasteiger partial charge in [0.25, 0.3) is 10.0 Å². The van der Waals surface area contributed by atoms with Gasteiger partial charge in [-0.25, -0.2) is 27.8 Å². The van der Waals surface area contributed by atoms with Gasteiger partial charge in [-0.05, 0) is 60.2 Å². The normalized spacial score (nSPS) is 11.6. The second-order valence-electron chi connectivity index (χ2n) is 7.32. The minimum atomic E-state index is -4.01. The van der Waals surface area contributed by atoms with Gasteiger partial charge in [0.05, 0.1) is 21.6 Å². The Morgan fingerprint density at radius 3 is 2.50 bits per heavy atom. The number of fused-ring (bicyclic) bond motifs is 1. The summed E-state index contributed by atoms with van der Waals surface area (Å²) in [4.78, 5) is 12.8. The SMILES string of the molecule is Nc1nc2ccc(-c3cnc(Cl)c(NS(=O)(=O)c4ccc(F)cc4)c3)cc2n1-c1ccccn1. The molecule has 34 heavy (non-hydrogen) atoms. The van der Waals surface area contributed by atoms with Crippen LogP contribution in [-0.2, 0) is 10.0 Å². The van der Waals surface area contributed by atoms with Gasteiger partial charge in [0.15, 0.2) is 5.15 Å². The molecule has 2 aromatic carbocycles. The van der Waals surface area contributed by atoms with Crippen LogP contribution >= 0.6 is 11.6 Å². The number of halogens is 2. The quantitative estimate of drug-likeness (QED) is 0.343. The van der Waals surface area contributed by atoms with E-state index in [1.807, 2.05) is 24.3 Å². The van der Waals surface area contributed by atoms with E-state index in [2.05, 4.69) is 19.7 Å². The molecule has 0 saturated carbocycles. The number of anilines is 2. The van der Waals surface area contributed by atoms with Gasteiger partial charge >= 0.3 is 0 Å². The van der Waals surface area contributed by atoms with E-state index in [4.69, 9.17) is 17.3 Å². The molecule has 0 spiro atoms. The second kappa shape index (κ2) is 8.40. The maximum Gasteiger partial charge on any atom is 0.261 e. The third-order valence-electron chi connectivity index (χ3n) is 5.10. The number of imidazole rings is 1. The molecular formula is C23H16ClFN6O2S. The molecule has 5 aromatic rings. The topological polar surface area (TPSA) is 116 Å². The van der Waals surface area contributed by atoms with E-state index in [-0.39, 0.29) is 21.7 Å². The molecule has 0 saturated heterocycles. The zero-order chi connectivity index (χ0) is 23.9. The van der Waals surface area contributed by atoms with Crippen LogP contribution in [0.4, 0.5) is 16.0 Å².